The van der Waals surface area contributed by atoms with E-state index in [4.69, 9.17) is 25.3 Å². The lowest BCUT2D eigenvalue weighted by Crippen LogP contribution is -2.36. The summed E-state index contributed by atoms with van der Waals surface area (Å²) in [7, 11) is 1.64. The van der Waals surface area contributed by atoms with Crippen molar-refractivity contribution in [2.24, 2.45) is 0 Å². The van der Waals surface area contributed by atoms with Gasteiger partial charge in [-0.05, 0) is 35.4 Å². The van der Waals surface area contributed by atoms with Crippen LogP contribution in [0.5, 0.6) is 5.75 Å². The lowest BCUT2D eigenvalue weighted by atomic mass is 9.99. The van der Waals surface area contributed by atoms with Crippen molar-refractivity contribution in [1.82, 2.24) is 0 Å². The van der Waals surface area contributed by atoms with Crippen LogP contribution in [-0.2, 0) is 27.9 Å². The summed E-state index contributed by atoms with van der Waals surface area (Å²) in [6.07, 6.45) is -3.75. The van der Waals surface area contributed by atoms with Crippen molar-refractivity contribution < 1.29 is 26.8 Å². The predicted molar refractivity (Wildman–Crippen MR) is 111 cm³/mol. The minimum absolute atomic E-state index is 0.240. The first kappa shape index (κ1) is 21.6. The fourth-order valence-corrected chi connectivity index (χ4v) is 4.73. The van der Waals surface area contributed by atoms with Gasteiger partial charge >= 0.3 is 6.18 Å². The lowest BCUT2D eigenvalue weighted by molar-refractivity contribution is -0.137. The predicted octanol–water partition coefficient (Wildman–Crippen LogP) is 5.40. The largest absolute Gasteiger partial charge is 0.495 e. The summed E-state index contributed by atoms with van der Waals surface area (Å²) in [6, 6.07) is 8.09. The van der Waals surface area contributed by atoms with Crippen molar-refractivity contribution in [3.63, 3.8) is 0 Å². The van der Waals surface area contributed by atoms with Crippen LogP contribution in [0.2, 0.25) is 5.02 Å². The average molecular weight is 460 g/mol. The van der Waals surface area contributed by atoms with E-state index in [9.17, 15) is 13.2 Å². The highest BCUT2D eigenvalue weighted by molar-refractivity contribution is 7.94. The molecule has 0 amide bonds. The Kier molecular flexibility index (Phi) is 6.39. The Balaban J connectivity index is 1.54. The summed E-state index contributed by atoms with van der Waals surface area (Å²) < 4.78 is 56.3. The molecule has 4 rings (SSSR count). The van der Waals surface area contributed by atoms with Crippen LogP contribution in [0.1, 0.15) is 16.7 Å². The van der Waals surface area contributed by atoms with E-state index in [1.54, 1.807) is 13.2 Å². The number of rotatable bonds is 4. The molecule has 0 bridgehead atoms. The number of morpholine rings is 1. The fourth-order valence-electron chi connectivity index (χ4n) is 3.73. The minimum atomic E-state index is -4.48. The van der Waals surface area contributed by atoms with Gasteiger partial charge in [-0.1, -0.05) is 17.7 Å². The maximum atomic E-state index is 13.2. The van der Waals surface area contributed by atoms with Crippen LogP contribution in [0.25, 0.3) is 0 Å². The van der Waals surface area contributed by atoms with Crippen molar-refractivity contribution in [3.05, 3.63) is 52.0 Å². The third kappa shape index (κ3) is 4.66. The molecule has 0 aliphatic carbocycles. The molecule has 2 heterocycles. The molecule has 1 unspecified atom stereocenters. The van der Waals surface area contributed by atoms with Crippen LogP contribution in [0.3, 0.4) is 0 Å². The molecule has 0 spiro atoms. The minimum Gasteiger partial charge on any atom is -0.495 e. The molecule has 9 heteroatoms. The number of hydrogen-bond acceptors (Lipinski definition) is 5. The van der Waals surface area contributed by atoms with Gasteiger partial charge in [-0.25, -0.2) is 0 Å². The number of nitrogens with zero attached hydrogens (tertiary/aromatic N) is 1. The number of anilines is 1. The molecule has 2 aromatic rings. The molecule has 4 nitrogen and oxygen atoms in total. The second-order valence-corrected chi connectivity index (χ2v) is 8.46. The molecule has 0 N–H and O–H groups in total. The number of methoxy groups -OCH3 is 1. The number of hydrogen-bond donors (Lipinski definition) is 0. The van der Waals surface area contributed by atoms with Crippen LogP contribution in [-0.4, -0.2) is 39.5 Å². The van der Waals surface area contributed by atoms with E-state index in [2.05, 4.69) is 11.0 Å². The number of fused-ring (bicyclic) bond motifs is 1. The van der Waals surface area contributed by atoms with Gasteiger partial charge in [-0.15, -0.1) is 0 Å². The molecule has 30 heavy (non-hydrogen) atoms. The monoisotopic (exact) mass is 459 g/mol. The molecule has 2 aromatic carbocycles. The first-order chi connectivity index (χ1) is 14.3. The van der Waals surface area contributed by atoms with Gasteiger partial charge in [0.15, 0.2) is 0 Å². The Hall–Kier alpha value is -1.61. The van der Waals surface area contributed by atoms with E-state index in [-0.39, 0.29) is 11.1 Å². The number of halogens is 4. The van der Waals surface area contributed by atoms with Gasteiger partial charge in [0.05, 0.1) is 42.7 Å². The van der Waals surface area contributed by atoms with E-state index in [1.807, 2.05) is 6.07 Å². The average Bonchev–Trinajstić information content (AvgIpc) is 2.74. The van der Waals surface area contributed by atoms with Gasteiger partial charge in [-0.2, -0.15) is 13.2 Å². The van der Waals surface area contributed by atoms with Gasteiger partial charge in [0, 0.05) is 42.9 Å². The Morgan fingerprint density at radius 1 is 1.20 bits per heavy atom. The van der Waals surface area contributed by atoms with Crippen LogP contribution < -0.4 is 9.64 Å². The maximum Gasteiger partial charge on any atom is 0.417 e. The van der Waals surface area contributed by atoms with Gasteiger partial charge in [0.1, 0.15) is 5.75 Å². The highest BCUT2D eigenvalue weighted by Gasteiger charge is 2.34. The standard InChI is InChI=1S/C21H21ClF3NO3S/c1-27-19-12-20-14(11-18(19)26-4-6-28-7-5-26)10-15(29-30-20)8-13-2-3-17(22)16(9-13)21(23,24)25/h2-3,9,11-12,15H,4-8,10H2,1H3. The highest BCUT2D eigenvalue weighted by Crippen LogP contribution is 2.41. The summed E-state index contributed by atoms with van der Waals surface area (Å²) in [4.78, 5) is 3.19. The van der Waals surface area contributed by atoms with E-state index in [0.717, 1.165) is 41.1 Å². The van der Waals surface area contributed by atoms with Gasteiger partial charge in [0.2, 0.25) is 0 Å². The number of ether oxygens (including phenoxy) is 2. The molecule has 1 fully saturated rings. The molecule has 1 saturated heterocycles. The van der Waals surface area contributed by atoms with E-state index in [1.165, 1.54) is 18.1 Å². The van der Waals surface area contributed by atoms with Crippen LogP contribution in [0.4, 0.5) is 18.9 Å². The van der Waals surface area contributed by atoms with Gasteiger partial charge in [0.25, 0.3) is 0 Å². The normalized spacial score (nSPS) is 19.5. The lowest BCUT2D eigenvalue weighted by Gasteiger charge is -2.32. The molecule has 0 radical (unpaired) electrons. The fraction of sp³-hybridized carbons (Fsp3) is 0.429. The van der Waals surface area contributed by atoms with Crippen LogP contribution >= 0.6 is 23.6 Å². The Morgan fingerprint density at radius 3 is 2.67 bits per heavy atom. The summed E-state index contributed by atoms with van der Waals surface area (Å²) >= 11 is 6.97. The summed E-state index contributed by atoms with van der Waals surface area (Å²) in [5.74, 6) is 0.776. The second kappa shape index (κ2) is 8.86. The molecule has 0 aromatic heterocycles. The molecule has 1 atom stereocenters. The van der Waals surface area contributed by atoms with E-state index < -0.39 is 11.7 Å². The SMILES string of the molecule is COc1cc2c(cc1N1CCOCC1)CC(Cc1ccc(Cl)c(C(F)(F)F)c1)OS2. The Bertz CT molecular complexity index is 919. The van der Waals surface area contributed by atoms with Crippen molar-refractivity contribution in [2.75, 3.05) is 38.3 Å². The van der Waals surface area contributed by atoms with E-state index in [0.29, 0.717) is 31.6 Å². The Morgan fingerprint density at radius 2 is 1.97 bits per heavy atom. The zero-order valence-electron chi connectivity index (χ0n) is 16.3. The molecule has 0 saturated carbocycles. The highest BCUT2D eigenvalue weighted by atomic mass is 35.5. The molecular formula is C21H21ClF3NO3S. The third-order valence-electron chi connectivity index (χ3n) is 5.23. The first-order valence-electron chi connectivity index (χ1n) is 9.57. The first-order valence-corrected chi connectivity index (χ1v) is 10.7. The molecule has 2 aliphatic heterocycles. The quantitative estimate of drug-likeness (QED) is 0.572. The van der Waals surface area contributed by atoms with Gasteiger partial charge in [-0.3, -0.25) is 0 Å². The van der Waals surface area contributed by atoms with Crippen LogP contribution in [0.15, 0.2) is 35.2 Å². The summed E-state index contributed by atoms with van der Waals surface area (Å²) in [6.45, 7) is 2.90. The van der Waals surface area contributed by atoms with Crippen molar-refractivity contribution >= 4 is 29.3 Å². The maximum absolute atomic E-state index is 13.2. The molecule has 2 aliphatic rings. The topological polar surface area (TPSA) is 30.9 Å². The smallest absolute Gasteiger partial charge is 0.417 e. The van der Waals surface area contributed by atoms with Crippen molar-refractivity contribution in [3.8, 4) is 5.75 Å². The van der Waals surface area contributed by atoms with E-state index >= 15 is 0 Å². The molecule has 162 valence electrons. The summed E-state index contributed by atoms with van der Waals surface area (Å²) in [5.41, 5.74) is 1.84. The molecular weight excluding hydrogens is 439 g/mol. The second-order valence-electron chi connectivity index (χ2n) is 7.25. The third-order valence-corrected chi connectivity index (χ3v) is 6.49. The van der Waals surface area contributed by atoms with Gasteiger partial charge < -0.3 is 18.6 Å². The summed E-state index contributed by atoms with van der Waals surface area (Å²) in [5, 5.41) is -0.294. The van der Waals surface area contributed by atoms with Crippen LogP contribution in [0, 0.1) is 0 Å². The Labute approximate surface area is 182 Å². The number of benzene rings is 2. The van der Waals surface area contributed by atoms with Crippen molar-refractivity contribution in [2.45, 2.75) is 30.0 Å². The number of alkyl halides is 3. The van der Waals surface area contributed by atoms with Crippen molar-refractivity contribution in [1.29, 1.82) is 0 Å². The zero-order chi connectivity index (χ0) is 21.3. The zero-order valence-corrected chi connectivity index (χ0v) is 17.9.